The molecule has 0 aromatic heterocycles. The zero-order valence-corrected chi connectivity index (χ0v) is 10.9. The van der Waals surface area contributed by atoms with Gasteiger partial charge in [0.05, 0.1) is 6.61 Å². The minimum absolute atomic E-state index is 0.677. The lowest BCUT2D eigenvalue weighted by molar-refractivity contribution is 0.0961. The number of ether oxygens (including phenoxy) is 1. The van der Waals surface area contributed by atoms with Gasteiger partial charge in [-0.2, -0.15) is 0 Å². The Labute approximate surface area is 96.1 Å². The topological polar surface area (TPSA) is 12.5 Å². The lowest BCUT2D eigenvalue weighted by atomic mass is 9.94. The highest BCUT2D eigenvalue weighted by molar-refractivity contribution is 9.09. The highest BCUT2D eigenvalue weighted by Crippen LogP contribution is 2.24. The number of rotatable bonds is 5. The van der Waals surface area contributed by atoms with Crippen LogP contribution in [-0.2, 0) is 4.74 Å². The number of hydrogen-bond donors (Lipinski definition) is 0. The molecule has 0 aromatic rings. The molecule has 1 fully saturated rings. The van der Waals surface area contributed by atoms with E-state index >= 15 is 0 Å². The Morgan fingerprint density at radius 3 is 2.57 bits per heavy atom. The van der Waals surface area contributed by atoms with Gasteiger partial charge in [0.15, 0.2) is 0 Å². The first-order valence-corrected chi connectivity index (χ1v) is 6.59. The Hall–Kier alpha value is 0.400. The molecule has 2 nitrogen and oxygen atoms in total. The SMILES string of the molecule is CCOCCN1CCC(C(C)Br)CC1. The fourth-order valence-electron chi connectivity index (χ4n) is 1.97. The highest BCUT2D eigenvalue weighted by Gasteiger charge is 2.21. The second-order valence-electron chi connectivity index (χ2n) is 4.05. The minimum atomic E-state index is 0.677. The van der Waals surface area contributed by atoms with E-state index < -0.39 is 0 Å². The lowest BCUT2D eigenvalue weighted by Gasteiger charge is -2.33. The van der Waals surface area contributed by atoms with Gasteiger partial charge in [0.2, 0.25) is 0 Å². The molecule has 1 saturated heterocycles. The van der Waals surface area contributed by atoms with Crippen LogP contribution in [0.15, 0.2) is 0 Å². The summed E-state index contributed by atoms with van der Waals surface area (Å²) in [6.45, 7) is 9.65. The van der Waals surface area contributed by atoms with Gasteiger partial charge in [0.1, 0.15) is 0 Å². The molecule has 1 aliphatic heterocycles. The number of nitrogens with zero attached hydrogens (tertiary/aromatic N) is 1. The molecule has 1 aliphatic rings. The van der Waals surface area contributed by atoms with E-state index in [1.807, 2.05) is 0 Å². The molecule has 1 atom stereocenters. The molecule has 1 heterocycles. The second-order valence-corrected chi connectivity index (χ2v) is 5.50. The van der Waals surface area contributed by atoms with Crippen LogP contribution in [0.3, 0.4) is 0 Å². The van der Waals surface area contributed by atoms with Crippen LogP contribution >= 0.6 is 15.9 Å². The van der Waals surface area contributed by atoms with Gasteiger partial charge < -0.3 is 9.64 Å². The molecule has 0 aromatic carbocycles. The van der Waals surface area contributed by atoms with E-state index in [9.17, 15) is 0 Å². The maximum atomic E-state index is 5.36. The summed E-state index contributed by atoms with van der Waals surface area (Å²) in [5.41, 5.74) is 0. The fourth-order valence-corrected chi connectivity index (χ4v) is 2.50. The first-order chi connectivity index (χ1) is 6.74. The van der Waals surface area contributed by atoms with Crippen LogP contribution in [-0.4, -0.2) is 42.6 Å². The van der Waals surface area contributed by atoms with Crippen LogP contribution in [0.5, 0.6) is 0 Å². The highest BCUT2D eigenvalue weighted by atomic mass is 79.9. The largest absolute Gasteiger partial charge is 0.380 e. The van der Waals surface area contributed by atoms with Crippen molar-refractivity contribution in [1.82, 2.24) is 4.90 Å². The van der Waals surface area contributed by atoms with Crippen molar-refractivity contribution in [2.24, 2.45) is 5.92 Å². The first-order valence-electron chi connectivity index (χ1n) is 5.68. The average molecular weight is 264 g/mol. The van der Waals surface area contributed by atoms with Crippen molar-refractivity contribution in [3.8, 4) is 0 Å². The molecule has 0 saturated carbocycles. The summed E-state index contributed by atoms with van der Waals surface area (Å²) < 4.78 is 5.36. The summed E-state index contributed by atoms with van der Waals surface area (Å²) >= 11 is 3.68. The van der Waals surface area contributed by atoms with E-state index in [0.717, 1.165) is 25.7 Å². The molecule has 3 heteroatoms. The quantitative estimate of drug-likeness (QED) is 0.559. The van der Waals surface area contributed by atoms with Crippen molar-refractivity contribution in [2.45, 2.75) is 31.5 Å². The van der Waals surface area contributed by atoms with Gasteiger partial charge >= 0.3 is 0 Å². The third kappa shape index (κ3) is 4.28. The maximum absolute atomic E-state index is 5.36. The average Bonchev–Trinajstić information content (AvgIpc) is 2.19. The molecule has 0 aliphatic carbocycles. The minimum Gasteiger partial charge on any atom is -0.380 e. The van der Waals surface area contributed by atoms with Gasteiger partial charge in [-0.15, -0.1) is 0 Å². The zero-order valence-electron chi connectivity index (χ0n) is 9.34. The summed E-state index contributed by atoms with van der Waals surface area (Å²) in [4.78, 5) is 3.19. The van der Waals surface area contributed by atoms with Gasteiger partial charge in [-0.1, -0.05) is 22.9 Å². The number of halogens is 1. The van der Waals surface area contributed by atoms with Gasteiger partial charge in [-0.05, 0) is 38.8 Å². The zero-order chi connectivity index (χ0) is 10.4. The normalized spacial score (nSPS) is 22.5. The van der Waals surface area contributed by atoms with Crippen molar-refractivity contribution in [3.63, 3.8) is 0 Å². The Kier molecular flexibility index (Phi) is 6.06. The van der Waals surface area contributed by atoms with Crippen molar-refractivity contribution in [1.29, 1.82) is 0 Å². The summed E-state index contributed by atoms with van der Waals surface area (Å²) in [5, 5.41) is 0. The molecule has 0 bridgehead atoms. The van der Waals surface area contributed by atoms with Crippen LogP contribution in [0.2, 0.25) is 0 Å². The predicted octanol–water partition coefficient (Wildman–Crippen LogP) is 2.52. The Bertz CT molecular complexity index is 144. The third-order valence-electron chi connectivity index (χ3n) is 3.04. The van der Waals surface area contributed by atoms with Crippen LogP contribution in [0, 0.1) is 5.92 Å². The fraction of sp³-hybridized carbons (Fsp3) is 1.00. The number of likely N-dealkylation sites (tertiary alicyclic amines) is 1. The number of hydrogen-bond acceptors (Lipinski definition) is 2. The van der Waals surface area contributed by atoms with E-state index in [0.29, 0.717) is 4.83 Å². The summed E-state index contributed by atoms with van der Waals surface area (Å²) in [6.07, 6.45) is 2.66. The van der Waals surface area contributed by atoms with Crippen molar-refractivity contribution < 1.29 is 4.74 Å². The van der Waals surface area contributed by atoms with Crippen molar-refractivity contribution in [3.05, 3.63) is 0 Å². The molecule has 0 N–H and O–H groups in total. The predicted molar refractivity (Wildman–Crippen MR) is 64.0 cm³/mol. The lowest BCUT2D eigenvalue weighted by Crippen LogP contribution is -2.37. The van der Waals surface area contributed by atoms with Crippen molar-refractivity contribution in [2.75, 3.05) is 32.8 Å². The smallest absolute Gasteiger partial charge is 0.0593 e. The molecule has 1 unspecified atom stereocenters. The number of piperidine rings is 1. The Balaban J connectivity index is 2.09. The maximum Gasteiger partial charge on any atom is 0.0593 e. The van der Waals surface area contributed by atoms with Crippen LogP contribution in [0.1, 0.15) is 26.7 Å². The molecule has 0 spiro atoms. The molecule has 84 valence electrons. The standard InChI is InChI=1S/C11H22BrNO/c1-3-14-9-8-13-6-4-11(5-7-13)10(2)12/h10-11H,3-9H2,1-2H3. The molecule has 0 radical (unpaired) electrons. The molecule has 0 amide bonds. The van der Waals surface area contributed by atoms with E-state index in [1.165, 1.54) is 25.9 Å². The third-order valence-corrected chi connectivity index (χ3v) is 3.79. The molecule has 1 rings (SSSR count). The molecular formula is C11H22BrNO. The Morgan fingerprint density at radius 2 is 2.07 bits per heavy atom. The summed E-state index contributed by atoms with van der Waals surface area (Å²) in [7, 11) is 0. The number of alkyl halides is 1. The van der Waals surface area contributed by atoms with Gasteiger partial charge in [0, 0.05) is 18.0 Å². The Morgan fingerprint density at radius 1 is 1.43 bits per heavy atom. The molecular weight excluding hydrogens is 242 g/mol. The van der Waals surface area contributed by atoms with Crippen molar-refractivity contribution >= 4 is 15.9 Å². The van der Waals surface area contributed by atoms with Crippen LogP contribution in [0.4, 0.5) is 0 Å². The van der Waals surface area contributed by atoms with E-state index in [4.69, 9.17) is 4.74 Å². The second kappa shape index (κ2) is 6.81. The van der Waals surface area contributed by atoms with E-state index in [1.54, 1.807) is 0 Å². The van der Waals surface area contributed by atoms with E-state index in [-0.39, 0.29) is 0 Å². The van der Waals surface area contributed by atoms with E-state index in [2.05, 4.69) is 34.7 Å². The van der Waals surface area contributed by atoms with Gasteiger partial charge in [0.25, 0.3) is 0 Å². The van der Waals surface area contributed by atoms with Crippen LogP contribution < -0.4 is 0 Å². The molecule has 14 heavy (non-hydrogen) atoms. The monoisotopic (exact) mass is 263 g/mol. The summed E-state index contributed by atoms with van der Waals surface area (Å²) in [6, 6.07) is 0. The van der Waals surface area contributed by atoms with Gasteiger partial charge in [-0.3, -0.25) is 0 Å². The van der Waals surface area contributed by atoms with Gasteiger partial charge in [-0.25, -0.2) is 0 Å². The summed E-state index contributed by atoms with van der Waals surface area (Å²) in [5.74, 6) is 0.873. The first kappa shape index (κ1) is 12.5. The van der Waals surface area contributed by atoms with Crippen LogP contribution in [0.25, 0.3) is 0 Å².